The summed E-state index contributed by atoms with van der Waals surface area (Å²) in [5, 5.41) is 12.6. The number of unbranched alkanes of at least 4 members (excludes halogenated alkanes) is 38. The average Bonchev–Trinajstić information content (AvgIpc) is 3.14. The Bertz CT molecular complexity index is 535. The van der Waals surface area contributed by atoms with Crippen LogP contribution < -0.4 is 5.32 Å². The van der Waals surface area contributed by atoms with Crippen molar-refractivity contribution < 1.29 is 5.11 Å². The van der Waals surface area contributed by atoms with Gasteiger partial charge >= 0.3 is 0 Å². The van der Waals surface area contributed by atoms with Gasteiger partial charge < -0.3 is 10.4 Å². The van der Waals surface area contributed by atoms with Gasteiger partial charge in [0.2, 0.25) is 0 Å². The van der Waals surface area contributed by atoms with Crippen LogP contribution in [0.1, 0.15) is 290 Å². The van der Waals surface area contributed by atoms with Crippen LogP contribution in [0, 0.1) is 5.92 Å². The van der Waals surface area contributed by atoms with Gasteiger partial charge in [-0.25, -0.2) is 0 Å². The van der Waals surface area contributed by atoms with Crippen LogP contribution in [0.4, 0.5) is 0 Å². The van der Waals surface area contributed by atoms with Crippen LogP contribution in [0.5, 0.6) is 0 Å². The van der Waals surface area contributed by atoms with Crippen molar-refractivity contribution >= 4 is 0 Å². The van der Waals surface area contributed by atoms with Crippen LogP contribution in [0.15, 0.2) is 0 Å². The van der Waals surface area contributed by atoms with Gasteiger partial charge in [0.15, 0.2) is 0 Å². The molecule has 0 aliphatic carbocycles. The molecule has 0 aliphatic heterocycles. The Labute approximate surface area is 325 Å². The molecule has 0 saturated heterocycles. The van der Waals surface area contributed by atoms with E-state index < -0.39 is 0 Å². The molecule has 0 aromatic heterocycles. The lowest BCUT2D eigenvalue weighted by Gasteiger charge is -2.17. The number of rotatable bonds is 47. The van der Waals surface area contributed by atoms with E-state index in [1.165, 1.54) is 276 Å². The Balaban J connectivity index is 3.55. The highest BCUT2D eigenvalue weighted by atomic mass is 16.3. The molecule has 0 atom stereocenters. The third-order valence-electron chi connectivity index (χ3n) is 11.9. The fourth-order valence-corrected chi connectivity index (χ4v) is 8.32. The minimum absolute atomic E-state index is 0.267. The predicted molar refractivity (Wildman–Crippen MR) is 233 cm³/mol. The molecule has 51 heavy (non-hydrogen) atoms. The minimum atomic E-state index is 0.267. The monoisotopic (exact) mass is 720 g/mol. The van der Waals surface area contributed by atoms with Crippen molar-refractivity contribution in [3.05, 3.63) is 0 Å². The van der Waals surface area contributed by atoms with Gasteiger partial charge in [-0.3, -0.25) is 0 Å². The molecule has 0 saturated carbocycles. The van der Waals surface area contributed by atoms with E-state index >= 15 is 0 Å². The molecule has 0 radical (unpaired) electrons. The standard InChI is InChI=1S/C49H101NO/c1-3-5-7-9-11-13-15-17-19-21-23-25-27-29-31-33-35-37-39-41-43-49(45-46-50-47-48-51)44-42-40-38-36-34-32-30-28-26-24-22-20-18-16-14-12-10-8-6-4-2/h49-51H,3-48H2,1-2H3. The first-order chi connectivity index (χ1) is 25.3. The van der Waals surface area contributed by atoms with Crippen molar-refractivity contribution in [1.82, 2.24) is 5.32 Å². The molecule has 0 aromatic carbocycles. The van der Waals surface area contributed by atoms with Crippen molar-refractivity contribution in [2.45, 2.75) is 290 Å². The Kier molecular flexibility index (Phi) is 47.9. The van der Waals surface area contributed by atoms with Crippen LogP contribution >= 0.6 is 0 Å². The second-order valence-corrected chi connectivity index (χ2v) is 17.1. The van der Waals surface area contributed by atoms with Crippen LogP contribution in [-0.4, -0.2) is 24.8 Å². The highest BCUT2D eigenvalue weighted by Gasteiger charge is 2.09. The quantitative estimate of drug-likeness (QED) is 0.0614. The van der Waals surface area contributed by atoms with E-state index in [1.807, 2.05) is 0 Å². The molecule has 2 heteroatoms. The Morgan fingerprint density at radius 3 is 0.706 bits per heavy atom. The fraction of sp³-hybridized carbons (Fsp3) is 1.00. The molecule has 0 aliphatic rings. The lowest BCUT2D eigenvalue weighted by atomic mass is 9.91. The molecule has 308 valence electrons. The number of aliphatic hydroxyl groups is 1. The first-order valence-electron chi connectivity index (χ1n) is 24.7. The normalized spacial score (nSPS) is 11.8. The molecule has 2 nitrogen and oxygen atoms in total. The molecule has 2 N–H and O–H groups in total. The van der Waals surface area contributed by atoms with Crippen molar-refractivity contribution in [3.8, 4) is 0 Å². The van der Waals surface area contributed by atoms with Gasteiger partial charge in [-0.2, -0.15) is 0 Å². The number of hydrogen-bond acceptors (Lipinski definition) is 2. The van der Waals surface area contributed by atoms with Crippen LogP contribution in [0.3, 0.4) is 0 Å². The number of hydrogen-bond donors (Lipinski definition) is 2. The molecule has 0 rings (SSSR count). The van der Waals surface area contributed by atoms with Gasteiger partial charge in [-0.15, -0.1) is 0 Å². The van der Waals surface area contributed by atoms with Gasteiger partial charge in [0.25, 0.3) is 0 Å². The van der Waals surface area contributed by atoms with Gasteiger partial charge in [0, 0.05) is 6.54 Å². The van der Waals surface area contributed by atoms with E-state index in [9.17, 15) is 0 Å². The van der Waals surface area contributed by atoms with Gasteiger partial charge in [0.1, 0.15) is 0 Å². The Hall–Kier alpha value is -0.0800. The molecule has 0 spiro atoms. The molecular weight excluding hydrogens is 619 g/mol. The highest BCUT2D eigenvalue weighted by Crippen LogP contribution is 2.23. The van der Waals surface area contributed by atoms with Gasteiger partial charge in [0.05, 0.1) is 6.61 Å². The average molecular weight is 720 g/mol. The lowest BCUT2D eigenvalue weighted by Crippen LogP contribution is -2.21. The van der Waals surface area contributed by atoms with Crippen LogP contribution in [-0.2, 0) is 0 Å². The number of aliphatic hydroxyl groups excluding tert-OH is 1. The zero-order valence-electron chi connectivity index (χ0n) is 36.1. The van der Waals surface area contributed by atoms with Crippen molar-refractivity contribution in [2.24, 2.45) is 5.92 Å². The van der Waals surface area contributed by atoms with E-state index in [4.69, 9.17) is 5.11 Å². The maximum atomic E-state index is 9.14. The maximum Gasteiger partial charge on any atom is 0.0555 e. The molecular formula is C49H101NO. The maximum absolute atomic E-state index is 9.14. The second kappa shape index (κ2) is 47.9. The van der Waals surface area contributed by atoms with Gasteiger partial charge in [-0.05, 0) is 18.9 Å². The Morgan fingerprint density at radius 2 is 0.490 bits per heavy atom. The third kappa shape index (κ3) is 46.0. The van der Waals surface area contributed by atoms with E-state index in [0.29, 0.717) is 0 Å². The Morgan fingerprint density at radius 1 is 0.275 bits per heavy atom. The predicted octanol–water partition coefficient (Wildman–Crippen LogP) is 17.0. The SMILES string of the molecule is CCCCCCCCCCCCCCCCCCCCCCC(CCCCCCCCCCCCCCCCCCCCCC)CCNCCO. The summed E-state index contributed by atoms with van der Waals surface area (Å²) in [6.07, 6.45) is 62.6. The summed E-state index contributed by atoms with van der Waals surface area (Å²) < 4.78 is 0. The summed E-state index contributed by atoms with van der Waals surface area (Å²) in [5.74, 6) is 0.891. The molecule has 0 bridgehead atoms. The summed E-state index contributed by atoms with van der Waals surface area (Å²) in [4.78, 5) is 0. The summed E-state index contributed by atoms with van der Waals surface area (Å²) in [7, 11) is 0. The zero-order valence-corrected chi connectivity index (χ0v) is 36.1. The van der Waals surface area contributed by atoms with E-state index in [2.05, 4.69) is 19.2 Å². The lowest BCUT2D eigenvalue weighted by molar-refractivity contribution is 0.287. The number of nitrogens with one attached hydrogen (secondary N) is 1. The van der Waals surface area contributed by atoms with Crippen molar-refractivity contribution in [2.75, 3.05) is 19.7 Å². The topological polar surface area (TPSA) is 32.3 Å². The first kappa shape index (κ1) is 50.9. The van der Waals surface area contributed by atoms with E-state index in [-0.39, 0.29) is 6.61 Å². The highest BCUT2D eigenvalue weighted by molar-refractivity contribution is 4.63. The molecule has 0 heterocycles. The minimum Gasteiger partial charge on any atom is -0.395 e. The van der Waals surface area contributed by atoms with E-state index in [1.54, 1.807) is 0 Å². The third-order valence-corrected chi connectivity index (χ3v) is 11.9. The molecule has 0 amide bonds. The van der Waals surface area contributed by atoms with E-state index in [0.717, 1.165) is 19.0 Å². The smallest absolute Gasteiger partial charge is 0.0555 e. The zero-order chi connectivity index (χ0) is 36.8. The largest absolute Gasteiger partial charge is 0.395 e. The molecule has 0 unspecified atom stereocenters. The van der Waals surface area contributed by atoms with Crippen LogP contribution in [0.2, 0.25) is 0 Å². The summed E-state index contributed by atoms with van der Waals surface area (Å²) in [5.41, 5.74) is 0. The van der Waals surface area contributed by atoms with Crippen molar-refractivity contribution in [3.63, 3.8) is 0 Å². The van der Waals surface area contributed by atoms with Gasteiger partial charge in [-0.1, -0.05) is 284 Å². The summed E-state index contributed by atoms with van der Waals surface area (Å²) in [6.45, 7) is 6.73. The van der Waals surface area contributed by atoms with Crippen molar-refractivity contribution in [1.29, 1.82) is 0 Å². The molecule has 0 fully saturated rings. The summed E-state index contributed by atoms with van der Waals surface area (Å²) >= 11 is 0. The first-order valence-corrected chi connectivity index (χ1v) is 24.7. The fourth-order valence-electron chi connectivity index (χ4n) is 8.32. The second-order valence-electron chi connectivity index (χ2n) is 17.1. The van der Waals surface area contributed by atoms with Crippen LogP contribution in [0.25, 0.3) is 0 Å². The summed E-state index contributed by atoms with van der Waals surface area (Å²) in [6, 6.07) is 0. The molecule has 0 aromatic rings.